The van der Waals surface area contributed by atoms with Gasteiger partial charge in [0.05, 0.1) is 11.5 Å². The summed E-state index contributed by atoms with van der Waals surface area (Å²) in [6, 6.07) is 12.9. The predicted molar refractivity (Wildman–Crippen MR) is 121 cm³/mol. The number of nitrogens with zero attached hydrogens (tertiary/aromatic N) is 1. The molecule has 0 fully saturated rings. The quantitative estimate of drug-likeness (QED) is 0.209. The maximum absolute atomic E-state index is 12.6. The summed E-state index contributed by atoms with van der Waals surface area (Å²) in [6.07, 6.45) is 2.70. The molecular formula is C22H17ClN2O5S. The lowest BCUT2D eigenvalue weighted by Gasteiger charge is -2.08. The second-order valence-corrected chi connectivity index (χ2v) is 7.57. The van der Waals surface area contributed by atoms with Crippen molar-refractivity contribution in [3.63, 3.8) is 0 Å². The molecule has 0 saturated heterocycles. The first-order valence-electron chi connectivity index (χ1n) is 9.17. The monoisotopic (exact) mass is 456 g/mol. The van der Waals surface area contributed by atoms with Gasteiger partial charge in [0.25, 0.3) is 5.69 Å². The minimum atomic E-state index is -0.549. The molecule has 7 nitrogen and oxygen atoms in total. The molecule has 1 N–H and O–H groups in total. The van der Waals surface area contributed by atoms with Crippen LogP contribution in [0.2, 0.25) is 5.02 Å². The first-order valence-corrected chi connectivity index (χ1v) is 10.4. The number of carbonyl (C=O) groups is 2. The number of carbonyl (C=O) groups excluding carboxylic acids is 2. The van der Waals surface area contributed by atoms with Gasteiger partial charge in [0.1, 0.15) is 10.6 Å². The summed E-state index contributed by atoms with van der Waals surface area (Å²) in [4.78, 5) is 35.4. The zero-order valence-electron chi connectivity index (χ0n) is 16.3. The molecule has 1 heterocycles. The Morgan fingerprint density at radius 3 is 2.65 bits per heavy atom. The van der Waals surface area contributed by atoms with Crippen molar-refractivity contribution in [2.75, 3.05) is 11.9 Å². The van der Waals surface area contributed by atoms with E-state index in [1.165, 1.54) is 41.7 Å². The highest BCUT2D eigenvalue weighted by Crippen LogP contribution is 2.36. The molecule has 2 aromatic carbocycles. The Morgan fingerprint density at radius 1 is 1.23 bits per heavy atom. The number of hydrogen-bond donors (Lipinski definition) is 1. The highest BCUT2D eigenvalue weighted by molar-refractivity contribution is 7.15. The maximum atomic E-state index is 12.6. The fraction of sp³-hybridized carbons (Fsp3) is 0.0909. The van der Waals surface area contributed by atoms with Gasteiger partial charge in [-0.05, 0) is 36.3 Å². The Labute approximate surface area is 187 Å². The number of ether oxygens (including phenoxy) is 1. The molecule has 0 atom stereocenters. The van der Waals surface area contributed by atoms with Crippen molar-refractivity contribution in [3.05, 3.63) is 86.3 Å². The number of nitro benzene ring substituents is 1. The Bertz CT molecular complexity index is 1150. The van der Waals surface area contributed by atoms with Crippen molar-refractivity contribution >= 4 is 51.6 Å². The van der Waals surface area contributed by atoms with E-state index in [0.717, 1.165) is 5.56 Å². The van der Waals surface area contributed by atoms with Crippen molar-refractivity contribution in [2.24, 2.45) is 0 Å². The second kappa shape index (κ2) is 10.0. The Kier molecular flexibility index (Phi) is 7.17. The van der Waals surface area contributed by atoms with Crippen molar-refractivity contribution in [2.45, 2.75) is 6.92 Å². The summed E-state index contributed by atoms with van der Waals surface area (Å²) in [7, 11) is 0. The average Bonchev–Trinajstić information content (AvgIpc) is 3.16. The minimum Gasteiger partial charge on any atom is -0.462 e. The highest BCUT2D eigenvalue weighted by atomic mass is 35.5. The van der Waals surface area contributed by atoms with Crippen LogP contribution in [-0.4, -0.2) is 23.4 Å². The number of nitrogens with one attached hydrogen (secondary N) is 1. The number of nitro groups is 1. The Morgan fingerprint density at radius 2 is 1.97 bits per heavy atom. The number of hydrogen-bond acceptors (Lipinski definition) is 6. The summed E-state index contributed by atoms with van der Waals surface area (Å²) < 4.78 is 5.17. The molecule has 31 heavy (non-hydrogen) atoms. The van der Waals surface area contributed by atoms with Crippen molar-refractivity contribution in [1.29, 1.82) is 0 Å². The van der Waals surface area contributed by atoms with Crippen LogP contribution in [-0.2, 0) is 9.53 Å². The Balaban J connectivity index is 1.85. The zero-order valence-corrected chi connectivity index (χ0v) is 17.9. The van der Waals surface area contributed by atoms with Crippen molar-refractivity contribution < 1.29 is 19.2 Å². The number of anilines is 1. The molecule has 0 spiro atoms. The van der Waals surface area contributed by atoms with E-state index in [9.17, 15) is 19.7 Å². The highest BCUT2D eigenvalue weighted by Gasteiger charge is 2.22. The van der Waals surface area contributed by atoms with Crippen LogP contribution in [0.15, 0.2) is 60.0 Å². The molecule has 0 saturated carbocycles. The summed E-state index contributed by atoms with van der Waals surface area (Å²) in [5, 5.41) is 16.2. The lowest BCUT2D eigenvalue weighted by atomic mass is 10.0. The van der Waals surface area contributed by atoms with E-state index in [4.69, 9.17) is 16.3 Å². The van der Waals surface area contributed by atoms with Crippen LogP contribution in [0.5, 0.6) is 0 Å². The molecule has 0 radical (unpaired) electrons. The van der Waals surface area contributed by atoms with Gasteiger partial charge in [0.2, 0.25) is 5.91 Å². The van der Waals surface area contributed by atoms with Crippen LogP contribution in [0, 0.1) is 10.1 Å². The van der Waals surface area contributed by atoms with E-state index in [1.807, 2.05) is 0 Å². The van der Waals surface area contributed by atoms with Crippen LogP contribution in [0.4, 0.5) is 10.7 Å². The molecule has 0 bridgehead atoms. The molecule has 0 aliphatic heterocycles. The number of rotatable bonds is 7. The lowest BCUT2D eigenvalue weighted by molar-refractivity contribution is -0.384. The average molecular weight is 457 g/mol. The van der Waals surface area contributed by atoms with Crippen LogP contribution in [0.25, 0.3) is 17.2 Å². The molecule has 1 amide bonds. The smallest absolute Gasteiger partial charge is 0.341 e. The summed E-state index contributed by atoms with van der Waals surface area (Å²) >= 11 is 7.14. The molecule has 9 heteroatoms. The largest absolute Gasteiger partial charge is 0.462 e. The van der Waals surface area contributed by atoms with Gasteiger partial charge >= 0.3 is 5.97 Å². The fourth-order valence-corrected chi connectivity index (χ4v) is 3.85. The van der Waals surface area contributed by atoms with E-state index < -0.39 is 16.8 Å². The molecule has 0 aliphatic carbocycles. The summed E-state index contributed by atoms with van der Waals surface area (Å²) in [6.45, 7) is 1.89. The summed E-state index contributed by atoms with van der Waals surface area (Å²) in [5.74, 6) is -1.03. The van der Waals surface area contributed by atoms with Gasteiger partial charge in [-0.2, -0.15) is 0 Å². The lowest BCUT2D eigenvalue weighted by Crippen LogP contribution is -2.12. The number of halogens is 1. The third-order valence-electron chi connectivity index (χ3n) is 4.17. The van der Waals surface area contributed by atoms with Crippen molar-refractivity contribution in [3.8, 4) is 11.1 Å². The first kappa shape index (κ1) is 22.2. The summed E-state index contributed by atoms with van der Waals surface area (Å²) in [5.41, 5.74) is 2.07. The van der Waals surface area contributed by atoms with E-state index in [0.29, 0.717) is 21.2 Å². The molecular weight excluding hydrogens is 440 g/mol. The standard InChI is InChI=1S/C22H17ClN2O5S/c1-2-30-22(27)20-18(15-7-9-16(23)10-8-15)13-31-21(20)24-19(26)11-6-14-4-3-5-17(12-14)25(28)29/h3-13H,2H2,1H3,(H,24,26). The van der Waals surface area contributed by atoms with E-state index in [2.05, 4.69) is 5.32 Å². The second-order valence-electron chi connectivity index (χ2n) is 6.26. The van der Waals surface area contributed by atoms with Crippen LogP contribution >= 0.6 is 22.9 Å². The van der Waals surface area contributed by atoms with Crippen LogP contribution in [0.1, 0.15) is 22.8 Å². The number of benzene rings is 2. The number of amides is 1. The number of thiophene rings is 1. The topological polar surface area (TPSA) is 98.5 Å². The predicted octanol–water partition coefficient (Wildman–Crippen LogP) is 5.81. The van der Waals surface area contributed by atoms with Gasteiger partial charge in [-0.15, -0.1) is 11.3 Å². The Hall–Kier alpha value is -3.49. The van der Waals surface area contributed by atoms with Gasteiger partial charge in [-0.1, -0.05) is 35.9 Å². The SMILES string of the molecule is CCOC(=O)c1c(-c2ccc(Cl)cc2)csc1NC(=O)C=Cc1cccc([N+](=O)[O-])c1. The van der Waals surface area contributed by atoms with Gasteiger partial charge in [0, 0.05) is 34.2 Å². The van der Waals surface area contributed by atoms with E-state index >= 15 is 0 Å². The number of esters is 1. The van der Waals surface area contributed by atoms with Gasteiger partial charge in [-0.25, -0.2) is 4.79 Å². The molecule has 3 aromatic rings. The van der Waals surface area contributed by atoms with Crippen LogP contribution < -0.4 is 5.32 Å². The molecule has 0 aliphatic rings. The molecule has 0 unspecified atom stereocenters. The van der Waals surface area contributed by atoms with Crippen LogP contribution in [0.3, 0.4) is 0 Å². The molecule has 158 valence electrons. The minimum absolute atomic E-state index is 0.0713. The number of non-ortho nitro benzene ring substituents is 1. The normalized spacial score (nSPS) is 10.8. The molecule has 1 aromatic heterocycles. The van der Waals surface area contributed by atoms with E-state index in [1.54, 1.807) is 42.6 Å². The first-order chi connectivity index (χ1) is 14.9. The molecule has 3 rings (SSSR count). The fourth-order valence-electron chi connectivity index (χ4n) is 2.77. The van der Waals surface area contributed by atoms with Gasteiger partial charge in [0.15, 0.2) is 0 Å². The zero-order chi connectivity index (χ0) is 22.4. The van der Waals surface area contributed by atoms with Crippen molar-refractivity contribution in [1.82, 2.24) is 0 Å². The maximum Gasteiger partial charge on any atom is 0.341 e. The van der Waals surface area contributed by atoms with E-state index in [-0.39, 0.29) is 17.9 Å². The van der Waals surface area contributed by atoms with Gasteiger partial charge in [-0.3, -0.25) is 14.9 Å². The van der Waals surface area contributed by atoms with Gasteiger partial charge < -0.3 is 10.1 Å². The third-order valence-corrected chi connectivity index (χ3v) is 5.32. The third kappa shape index (κ3) is 5.56.